The Morgan fingerprint density at radius 1 is 1.32 bits per heavy atom. The quantitative estimate of drug-likeness (QED) is 0.681. The topological polar surface area (TPSA) is 113 Å². The van der Waals surface area contributed by atoms with Crippen molar-refractivity contribution in [3.63, 3.8) is 0 Å². The Kier molecular flexibility index (Phi) is 6.15. The number of methoxy groups -OCH3 is 1. The van der Waals surface area contributed by atoms with Crippen LogP contribution in [0.3, 0.4) is 0 Å². The van der Waals surface area contributed by atoms with E-state index >= 15 is 0 Å². The van der Waals surface area contributed by atoms with Crippen LogP contribution in [0.25, 0.3) is 0 Å². The van der Waals surface area contributed by atoms with Crippen molar-refractivity contribution in [1.82, 2.24) is 9.62 Å². The van der Waals surface area contributed by atoms with Gasteiger partial charge in [-0.15, -0.1) is 0 Å². The summed E-state index contributed by atoms with van der Waals surface area (Å²) in [5, 5.41) is 9.39. The lowest BCUT2D eigenvalue weighted by atomic mass is 9.88. The Morgan fingerprint density at radius 2 is 2.00 bits per heavy atom. The number of aliphatic carboxylic acids is 1. The molecule has 1 amide bonds. The lowest BCUT2D eigenvalue weighted by Crippen LogP contribution is -2.40. The van der Waals surface area contributed by atoms with E-state index in [2.05, 4.69) is 4.72 Å². The Morgan fingerprint density at radius 3 is 2.60 bits per heavy atom. The molecule has 1 aromatic carbocycles. The molecular formula is C16H22N2O6S. The molecule has 8 nitrogen and oxygen atoms in total. The van der Waals surface area contributed by atoms with Gasteiger partial charge in [-0.1, -0.05) is 18.2 Å². The van der Waals surface area contributed by atoms with Crippen LogP contribution in [0.15, 0.2) is 35.2 Å². The van der Waals surface area contributed by atoms with Crippen LogP contribution in [0.5, 0.6) is 0 Å². The molecule has 2 rings (SSSR count). The molecule has 0 radical (unpaired) electrons. The molecule has 138 valence electrons. The van der Waals surface area contributed by atoms with Crippen molar-refractivity contribution >= 4 is 21.9 Å². The number of carboxylic acids is 1. The first kappa shape index (κ1) is 19.4. The second-order valence-electron chi connectivity index (χ2n) is 6.04. The molecule has 9 heteroatoms. The molecule has 1 saturated heterocycles. The maximum atomic E-state index is 12.2. The number of hydrogen-bond donors (Lipinski definition) is 2. The van der Waals surface area contributed by atoms with Crippen molar-refractivity contribution < 1.29 is 27.9 Å². The normalized spacial score (nSPS) is 20.6. The monoisotopic (exact) mass is 370 g/mol. The van der Waals surface area contributed by atoms with Crippen molar-refractivity contribution in [3.05, 3.63) is 30.3 Å². The zero-order chi connectivity index (χ0) is 18.5. The van der Waals surface area contributed by atoms with Gasteiger partial charge in [-0.25, -0.2) is 13.1 Å². The molecule has 1 aliphatic rings. The summed E-state index contributed by atoms with van der Waals surface area (Å²) in [4.78, 5) is 25.3. The molecule has 1 atom stereocenters. The van der Waals surface area contributed by atoms with Gasteiger partial charge < -0.3 is 14.7 Å². The Labute approximate surface area is 146 Å². The van der Waals surface area contributed by atoms with Crippen molar-refractivity contribution in [1.29, 1.82) is 0 Å². The predicted molar refractivity (Wildman–Crippen MR) is 89.4 cm³/mol. The van der Waals surface area contributed by atoms with Crippen LogP contribution in [0.2, 0.25) is 0 Å². The standard InChI is InChI=1S/C16H22N2O6S/c1-24-12-16(15(20)21)8-10-18(11-16)14(19)7-9-17-25(22,23)13-5-3-2-4-6-13/h2-6,17H,7-12H2,1H3,(H,20,21). The van der Waals surface area contributed by atoms with Crippen molar-refractivity contribution in [2.75, 3.05) is 33.4 Å². The molecule has 0 spiro atoms. The smallest absolute Gasteiger partial charge is 0.313 e. The number of sulfonamides is 1. The summed E-state index contributed by atoms with van der Waals surface area (Å²) in [5.74, 6) is -1.27. The van der Waals surface area contributed by atoms with Crippen molar-refractivity contribution in [2.45, 2.75) is 17.7 Å². The average Bonchev–Trinajstić information content (AvgIpc) is 3.01. The number of rotatable bonds is 8. The zero-order valence-corrected chi connectivity index (χ0v) is 14.8. The Bertz CT molecular complexity index is 721. The molecule has 1 unspecified atom stereocenters. The van der Waals surface area contributed by atoms with Gasteiger partial charge in [0.1, 0.15) is 5.41 Å². The average molecular weight is 370 g/mol. The van der Waals surface area contributed by atoms with Gasteiger partial charge in [-0.05, 0) is 18.6 Å². The highest BCUT2D eigenvalue weighted by Gasteiger charge is 2.46. The molecule has 1 aromatic rings. The third-order valence-electron chi connectivity index (χ3n) is 4.27. The van der Waals surface area contributed by atoms with Crippen LogP contribution < -0.4 is 4.72 Å². The number of carbonyl (C=O) groups excluding carboxylic acids is 1. The lowest BCUT2D eigenvalue weighted by Gasteiger charge is -2.23. The highest BCUT2D eigenvalue weighted by molar-refractivity contribution is 7.89. The second-order valence-corrected chi connectivity index (χ2v) is 7.81. The summed E-state index contributed by atoms with van der Waals surface area (Å²) in [6, 6.07) is 7.88. The molecular weight excluding hydrogens is 348 g/mol. The van der Waals surface area contributed by atoms with E-state index in [4.69, 9.17) is 4.74 Å². The lowest BCUT2D eigenvalue weighted by molar-refractivity contribution is -0.151. The molecule has 2 N–H and O–H groups in total. The highest BCUT2D eigenvalue weighted by Crippen LogP contribution is 2.31. The zero-order valence-electron chi connectivity index (χ0n) is 14.0. The minimum atomic E-state index is -3.66. The third-order valence-corrected chi connectivity index (χ3v) is 5.74. The van der Waals surface area contributed by atoms with Gasteiger partial charge in [0.15, 0.2) is 0 Å². The Balaban J connectivity index is 1.88. The van der Waals surface area contributed by atoms with Gasteiger partial charge in [-0.3, -0.25) is 9.59 Å². The summed E-state index contributed by atoms with van der Waals surface area (Å²) in [5.41, 5.74) is -1.09. The molecule has 0 aliphatic carbocycles. The number of nitrogens with zero attached hydrogens (tertiary/aromatic N) is 1. The van der Waals surface area contributed by atoms with Crippen LogP contribution >= 0.6 is 0 Å². The summed E-state index contributed by atoms with van der Waals surface area (Å²) in [6.45, 7) is 0.379. The van der Waals surface area contributed by atoms with Gasteiger partial charge in [0.2, 0.25) is 15.9 Å². The molecule has 1 fully saturated rings. The van der Waals surface area contributed by atoms with Gasteiger partial charge in [0.05, 0.1) is 11.5 Å². The van der Waals surface area contributed by atoms with E-state index in [1.807, 2.05) is 0 Å². The number of ether oxygens (including phenoxy) is 1. The van der Waals surface area contributed by atoms with Crippen LogP contribution in [-0.2, 0) is 24.3 Å². The number of benzene rings is 1. The molecule has 25 heavy (non-hydrogen) atoms. The third kappa shape index (κ3) is 4.56. The molecule has 1 heterocycles. The van der Waals surface area contributed by atoms with Gasteiger partial charge in [-0.2, -0.15) is 0 Å². The van der Waals surface area contributed by atoms with Crippen LogP contribution in [0.4, 0.5) is 0 Å². The number of nitrogens with one attached hydrogen (secondary N) is 1. The molecule has 1 aliphatic heterocycles. The number of carbonyl (C=O) groups is 2. The number of likely N-dealkylation sites (tertiary alicyclic amines) is 1. The largest absolute Gasteiger partial charge is 0.481 e. The van der Waals surface area contributed by atoms with Crippen molar-refractivity contribution in [2.24, 2.45) is 5.41 Å². The predicted octanol–water partition coefficient (Wildman–Crippen LogP) is 0.305. The summed E-state index contributed by atoms with van der Waals surface area (Å²) >= 11 is 0. The van der Waals surface area contributed by atoms with E-state index in [0.717, 1.165) is 0 Å². The van der Waals surface area contributed by atoms with Crippen LogP contribution in [0, 0.1) is 5.41 Å². The fourth-order valence-electron chi connectivity index (χ4n) is 2.85. The highest BCUT2D eigenvalue weighted by atomic mass is 32.2. The van der Waals surface area contributed by atoms with Crippen LogP contribution in [-0.4, -0.2) is 63.7 Å². The first-order valence-electron chi connectivity index (χ1n) is 7.85. The molecule has 0 bridgehead atoms. The number of carboxylic acid groups (broad SMARTS) is 1. The summed E-state index contributed by atoms with van der Waals surface area (Å²) < 4.78 is 31.5. The van der Waals surface area contributed by atoms with Crippen LogP contribution in [0.1, 0.15) is 12.8 Å². The van der Waals surface area contributed by atoms with Gasteiger partial charge >= 0.3 is 5.97 Å². The molecule has 0 aromatic heterocycles. The minimum Gasteiger partial charge on any atom is -0.481 e. The summed E-state index contributed by atoms with van der Waals surface area (Å²) in [6.07, 6.45) is 0.284. The fourth-order valence-corrected chi connectivity index (χ4v) is 3.90. The van der Waals surface area contributed by atoms with Gasteiger partial charge in [0.25, 0.3) is 0 Å². The number of amides is 1. The second kappa shape index (κ2) is 7.94. The van der Waals surface area contributed by atoms with E-state index in [1.165, 1.54) is 24.1 Å². The fraction of sp³-hybridized carbons (Fsp3) is 0.500. The first-order valence-corrected chi connectivity index (χ1v) is 9.34. The number of hydrogen-bond acceptors (Lipinski definition) is 5. The maximum absolute atomic E-state index is 12.2. The van der Waals surface area contributed by atoms with E-state index < -0.39 is 21.4 Å². The Hall–Kier alpha value is -1.97. The minimum absolute atomic E-state index is 0.0330. The van der Waals surface area contributed by atoms with E-state index in [9.17, 15) is 23.1 Å². The summed E-state index contributed by atoms with van der Waals surface area (Å²) in [7, 11) is -2.24. The SMILES string of the molecule is COCC1(C(=O)O)CCN(C(=O)CCNS(=O)(=O)c2ccccc2)C1. The van der Waals surface area contributed by atoms with E-state index in [1.54, 1.807) is 18.2 Å². The van der Waals surface area contributed by atoms with E-state index in [-0.39, 0.29) is 36.9 Å². The van der Waals surface area contributed by atoms with Gasteiger partial charge in [0, 0.05) is 33.2 Å². The maximum Gasteiger partial charge on any atom is 0.313 e. The van der Waals surface area contributed by atoms with Crippen molar-refractivity contribution in [3.8, 4) is 0 Å². The first-order chi connectivity index (χ1) is 11.8. The molecule has 0 saturated carbocycles. The van der Waals surface area contributed by atoms with E-state index in [0.29, 0.717) is 13.0 Å².